The van der Waals surface area contributed by atoms with Gasteiger partial charge in [0.25, 0.3) is 0 Å². The van der Waals surface area contributed by atoms with Gasteiger partial charge in [0.1, 0.15) is 0 Å². The first-order chi connectivity index (χ1) is 7.43. The van der Waals surface area contributed by atoms with E-state index in [2.05, 4.69) is 26.1 Å². The second-order valence-electron chi connectivity index (χ2n) is 5.38. The normalized spacial score (nSPS) is 17.4. The van der Waals surface area contributed by atoms with E-state index < -0.39 is 0 Å². The number of hydrogen-bond acceptors (Lipinski definition) is 3. The third-order valence-electron chi connectivity index (χ3n) is 3.03. The molecule has 0 rings (SSSR count). The highest BCUT2D eigenvalue weighted by Crippen LogP contribution is 2.12. The van der Waals surface area contributed by atoms with Gasteiger partial charge in [-0.3, -0.25) is 0 Å². The van der Waals surface area contributed by atoms with E-state index in [0.29, 0.717) is 12.0 Å². The zero-order chi connectivity index (χ0) is 12.6. The molecule has 0 aliphatic heterocycles. The summed E-state index contributed by atoms with van der Waals surface area (Å²) in [4.78, 5) is 0. The lowest BCUT2D eigenvalue weighted by molar-refractivity contribution is 0.0439. The minimum atomic E-state index is -0.162. The molecule has 0 radical (unpaired) electrons. The van der Waals surface area contributed by atoms with Crippen LogP contribution in [0.2, 0.25) is 0 Å². The number of nitrogens with one attached hydrogen (secondary N) is 1. The van der Waals surface area contributed by atoms with E-state index in [4.69, 9.17) is 4.74 Å². The van der Waals surface area contributed by atoms with E-state index in [-0.39, 0.29) is 12.1 Å². The van der Waals surface area contributed by atoms with Gasteiger partial charge in [-0.1, -0.05) is 13.8 Å². The highest BCUT2D eigenvalue weighted by atomic mass is 16.5. The molecule has 3 nitrogen and oxygen atoms in total. The van der Waals surface area contributed by atoms with Gasteiger partial charge in [-0.2, -0.15) is 0 Å². The molecule has 2 N–H and O–H groups in total. The first-order valence-corrected chi connectivity index (χ1v) is 6.35. The first kappa shape index (κ1) is 15.9. The van der Waals surface area contributed by atoms with E-state index in [1.165, 1.54) is 0 Å². The lowest BCUT2D eigenvalue weighted by Crippen LogP contribution is -2.43. The largest absolute Gasteiger partial charge is 0.394 e. The Morgan fingerprint density at radius 1 is 1.31 bits per heavy atom. The SMILES string of the molecule is CNC(C)(CO)CCCOC(C)CC(C)C. The maximum atomic E-state index is 9.21. The molecular formula is C13H29NO2. The van der Waals surface area contributed by atoms with Crippen molar-refractivity contribution in [1.29, 1.82) is 0 Å². The van der Waals surface area contributed by atoms with Gasteiger partial charge in [-0.25, -0.2) is 0 Å². The van der Waals surface area contributed by atoms with Crippen LogP contribution in [-0.2, 0) is 4.74 Å². The Morgan fingerprint density at radius 2 is 1.94 bits per heavy atom. The van der Waals surface area contributed by atoms with E-state index >= 15 is 0 Å². The Balaban J connectivity index is 3.59. The number of likely N-dealkylation sites (N-methyl/N-ethyl adjacent to an activating group) is 1. The molecule has 2 atom stereocenters. The fourth-order valence-electron chi connectivity index (χ4n) is 1.76. The van der Waals surface area contributed by atoms with Gasteiger partial charge in [0.15, 0.2) is 0 Å². The summed E-state index contributed by atoms with van der Waals surface area (Å²) in [7, 11) is 1.89. The molecule has 0 saturated carbocycles. The predicted octanol–water partition coefficient (Wildman–Crippen LogP) is 2.19. The van der Waals surface area contributed by atoms with Crippen LogP contribution in [0.1, 0.15) is 47.0 Å². The molecular weight excluding hydrogens is 202 g/mol. The van der Waals surface area contributed by atoms with Crippen LogP contribution in [0.25, 0.3) is 0 Å². The molecule has 0 bridgehead atoms. The van der Waals surface area contributed by atoms with Crippen LogP contribution < -0.4 is 5.32 Å². The molecule has 98 valence electrons. The molecule has 0 fully saturated rings. The summed E-state index contributed by atoms with van der Waals surface area (Å²) in [6, 6.07) is 0. The van der Waals surface area contributed by atoms with Crippen LogP contribution >= 0.6 is 0 Å². The third kappa shape index (κ3) is 7.20. The molecule has 0 aromatic heterocycles. The minimum Gasteiger partial charge on any atom is -0.394 e. The van der Waals surface area contributed by atoms with Crippen molar-refractivity contribution in [2.75, 3.05) is 20.3 Å². The fraction of sp³-hybridized carbons (Fsp3) is 1.00. The Labute approximate surface area is 101 Å². The lowest BCUT2D eigenvalue weighted by Gasteiger charge is -2.27. The van der Waals surface area contributed by atoms with Crippen molar-refractivity contribution in [2.45, 2.75) is 58.6 Å². The van der Waals surface area contributed by atoms with Gasteiger partial charge in [0.2, 0.25) is 0 Å². The standard InChI is InChI=1S/C13H29NO2/c1-11(2)9-12(3)16-8-6-7-13(4,10-15)14-5/h11-12,14-15H,6-10H2,1-5H3. The quantitative estimate of drug-likeness (QED) is 0.598. The minimum absolute atomic E-state index is 0.162. The van der Waals surface area contributed by atoms with Crippen LogP contribution in [0, 0.1) is 5.92 Å². The van der Waals surface area contributed by atoms with Gasteiger partial charge in [-0.15, -0.1) is 0 Å². The Kier molecular flexibility index (Phi) is 7.98. The summed E-state index contributed by atoms with van der Waals surface area (Å²) in [5.74, 6) is 0.690. The van der Waals surface area contributed by atoms with Crippen LogP contribution in [0.4, 0.5) is 0 Å². The van der Waals surface area contributed by atoms with Crippen molar-refractivity contribution < 1.29 is 9.84 Å². The smallest absolute Gasteiger partial charge is 0.0610 e. The van der Waals surface area contributed by atoms with Gasteiger partial charge in [-0.05, 0) is 46.1 Å². The fourth-order valence-corrected chi connectivity index (χ4v) is 1.76. The maximum absolute atomic E-state index is 9.21. The van der Waals surface area contributed by atoms with Crippen molar-refractivity contribution in [1.82, 2.24) is 5.32 Å². The van der Waals surface area contributed by atoms with E-state index in [1.807, 2.05) is 14.0 Å². The second-order valence-corrected chi connectivity index (χ2v) is 5.38. The van der Waals surface area contributed by atoms with Crippen molar-refractivity contribution >= 4 is 0 Å². The summed E-state index contributed by atoms with van der Waals surface area (Å²) in [6.45, 7) is 9.54. The molecule has 0 amide bonds. The van der Waals surface area contributed by atoms with E-state index in [0.717, 1.165) is 25.9 Å². The van der Waals surface area contributed by atoms with Gasteiger partial charge < -0.3 is 15.2 Å². The molecule has 0 aromatic rings. The summed E-state index contributed by atoms with van der Waals surface area (Å²) in [6.07, 6.45) is 3.38. The van der Waals surface area contributed by atoms with Crippen molar-refractivity contribution in [3.05, 3.63) is 0 Å². The average molecular weight is 231 g/mol. The zero-order valence-electron chi connectivity index (χ0n) is 11.5. The van der Waals surface area contributed by atoms with Gasteiger partial charge >= 0.3 is 0 Å². The van der Waals surface area contributed by atoms with Crippen LogP contribution in [0.3, 0.4) is 0 Å². The second kappa shape index (κ2) is 8.04. The molecule has 0 heterocycles. The molecule has 0 saturated heterocycles. The van der Waals surface area contributed by atoms with Crippen molar-refractivity contribution in [3.63, 3.8) is 0 Å². The van der Waals surface area contributed by atoms with Crippen LogP contribution in [0.5, 0.6) is 0 Å². The van der Waals surface area contributed by atoms with Crippen LogP contribution in [0.15, 0.2) is 0 Å². The summed E-state index contributed by atoms with van der Waals surface area (Å²) >= 11 is 0. The number of ether oxygens (including phenoxy) is 1. The predicted molar refractivity (Wildman–Crippen MR) is 68.7 cm³/mol. The van der Waals surface area contributed by atoms with E-state index in [9.17, 15) is 5.11 Å². The van der Waals surface area contributed by atoms with Crippen LogP contribution in [-0.4, -0.2) is 37.0 Å². The Morgan fingerprint density at radius 3 is 2.38 bits per heavy atom. The number of hydrogen-bond donors (Lipinski definition) is 2. The lowest BCUT2D eigenvalue weighted by atomic mass is 9.97. The average Bonchev–Trinajstić information content (AvgIpc) is 2.23. The molecule has 0 aliphatic carbocycles. The summed E-state index contributed by atoms with van der Waals surface area (Å²) in [5, 5.41) is 12.4. The third-order valence-corrected chi connectivity index (χ3v) is 3.03. The van der Waals surface area contributed by atoms with Crippen molar-refractivity contribution in [3.8, 4) is 0 Å². The summed E-state index contributed by atoms with van der Waals surface area (Å²) < 4.78 is 5.73. The molecule has 3 heteroatoms. The zero-order valence-corrected chi connectivity index (χ0v) is 11.5. The number of aliphatic hydroxyl groups is 1. The Bertz CT molecular complexity index is 167. The van der Waals surface area contributed by atoms with Gasteiger partial charge in [0.05, 0.1) is 12.7 Å². The molecule has 16 heavy (non-hydrogen) atoms. The number of aliphatic hydroxyl groups excluding tert-OH is 1. The monoisotopic (exact) mass is 231 g/mol. The van der Waals surface area contributed by atoms with E-state index in [1.54, 1.807) is 0 Å². The highest BCUT2D eigenvalue weighted by Gasteiger charge is 2.19. The van der Waals surface area contributed by atoms with Crippen molar-refractivity contribution in [2.24, 2.45) is 5.92 Å². The summed E-state index contributed by atoms with van der Waals surface area (Å²) in [5.41, 5.74) is -0.162. The first-order valence-electron chi connectivity index (χ1n) is 6.35. The maximum Gasteiger partial charge on any atom is 0.0610 e. The topological polar surface area (TPSA) is 41.5 Å². The molecule has 0 aromatic carbocycles. The van der Waals surface area contributed by atoms with Gasteiger partial charge in [0, 0.05) is 12.1 Å². The molecule has 0 spiro atoms. The molecule has 0 aliphatic rings. The highest BCUT2D eigenvalue weighted by molar-refractivity contribution is 4.79. The Hall–Kier alpha value is -0.120. The molecule has 2 unspecified atom stereocenters. The number of rotatable bonds is 9.